The normalized spacial score (nSPS) is 11.9. The van der Waals surface area contributed by atoms with Gasteiger partial charge in [0.1, 0.15) is 0 Å². The Balaban J connectivity index is 1.81. The van der Waals surface area contributed by atoms with Crippen molar-refractivity contribution in [1.29, 1.82) is 0 Å². The van der Waals surface area contributed by atoms with Crippen molar-refractivity contribution in [3.8, 4) is 0 Å². The second-order valence-electron chi connectivity index (χ2n) is 7.41. The summed E-state index contributed by atoms with van der Waals surface area (Å²) in [5.41, 5.74) is 4.30. The summed E-state index contributed by atoms with van der Waals surface area (Å²) in [5.74, 6) is 0.470. The molecule has 144 valence electrons. The zero-order chi connectivity index (χ0) is 19.9. The van der Waals surface area contributed by atoms with Gasteiger partial charge in [-0.1, -0.05) is 86.6 Å². The van der Waals surface area contributed by atoms with Crippen LogP contribution in [0.15, 0.2) is 84.9 Å². The molecule has 0 aliphatic heterocycles. The average molecular weight is 373 g/mol. The molecule has 28 heavy (non-hydrogen) atoms. The van der Waals surface area contributed by atoms with Crippen LogP contribution >= 0.6 is 0 Å². The van der Waals surface area contributed by atoms with Crippen LogP contribution in [0.1, 0.15) is 49.4 Å². The molecule has 0 radical (unpaired) electrons. The fourth-order valence-corrected chi connectivity index (χ4v) is 3.22. The van der Waals surface area contributed by atoms with Gasteiger partial charge in [-0.25, -0.2) is 4.79 Å². The minimum Gasteiger partial charge on any atom is -0.313 e. The molecule has 1 N–H and O–H groups in total. The van der Waals surface area contributed by atoms with Crippen LogP contribution in [0.3, 0.4) is 0 Å². The number of nitrogens with zero attached hydrogens (tertiary/aromatic N) is 1. The van der Waals surface area contributed by atoms with Crippen molar-refractivity contribution in [1.82, 2.24) is 4.90 Å². The highest BCUT2D eigenvalue weighted by molar-refractivity contribution is 5.89. The average Bonchev–Trinajstić information content (AvgIpc) is 2.73. The first-order valence-electron chi connectivity index (χ1n) is 9.81. The van der Waals surface area contributed by atoms with Crippen molar-refractivity contribution in [2.75, 3.05) is 5.32 Å². The maximum absolute atomic E-state index is 13.2. The van der Waals surface area contributed by atoms with Gasteiger partial charge in [0.25, 0.3) is 0 Å². The molecule has 0 heterocycles. The first kappa shape index (κ1) is 19.7. The number of hydrogen-bond donors (Lipinski definition) is 1. The molecule has 3 rings (SSSR count). The molecule has 0 bridgehead atoms. The third kappa shape index (κ3) is 5.01. The molecule has 2 amide bonds. The molecule has 0 fully saturated rings. The molecule has 3 aromatic rings. The number of benzene rings is 3. The zero-order valence-corrected chi connectivity index (χ0v) is 16.8. The van der Waals surface area contributed by atoms with Crippen molar-refractivity contribution < 1.29 is 4.79 Å². The second-order valence-corrected chi connectivity index (χ2v) is 7.41. The Bertz CT molecular complexity index is 873. The lowest BCUT2D eigenvalue weighted by molar-refractivity contribution is 0.189. The van der Waals surface area contributed by atoms with Crippen LogP contribution in [0.5, 0.6) is 0 Å². The van der Waals surface area contributed by atoms with Crippen molar-refractivity contribution in [2.45, 2.75) is 39.3 Å². The fourth-order valence-electron chi connectivity index (χ4n) is 3.22. The molecule has 0 aliphatic carbocycles. The molecule has 0 saturated carbocycles. The molecule has 0 aromatic heterocycles. The van der Waals surface area contributed by atoms with Crippen LogP contribution in [-0.2, 0) is 6.54 Å². The van der Waals surface area contributed by atoms with Gasteiger partial charge in [0.15, 0.2) is 0 Å². The lowest BCUT2D eigenvalue weighted by Crippen LogP contribution is -2.36. The highest BCUT2D eigenvalue weighted by Crippen LogP contribution is 2.24. The molecular weight excluding hydrogens is 344 g/mol. The highest BCUT2D eigenvalue weighted by atomic mass is 16.2. The van der Waals surface area contributed by atoms with Crippen LogP contribution in [-0.4, -0.2) is 10.9 Å². The Hall–Kier alpha value is -3.07. The van der Waals surface area contributed by atoms with E-state index >= 15 is 0 Å². The van der Waals surface area contributed by atoms with Crippen molar-refractivity contribution >= 4 is 11.7 Å². The number of anilines is 1. The summed E-state index contributed by atoms with van der Waals surface area (Å²) in [6.45, 7) is 6.94. The van der Waals surface area contributed by atoms with E-state index in [1.165, 1.54) is 5.56 Å². The lowest BCUT2D eigenvalue weighted by Gasteiger charge is -2.30. The zero-order valence-electron chi connectivity index (χ0n) is 16.8. The number of hydrogen-bond acceptors (Lipinski definition) is 1. The topological polar surface area (TPSA) is 32.3 Å². The van der Waals surface area contributed by atoms with E-state index in [0.29, 0.717) is 12.5 Å². The van der Waals surface area contributed by atoms with Gasteiger partial charge in [0.2, 0.25) is 0 Å². The Morgan fingerprint density at radius 3 is 1.93 bits per heavy atom. The third-order valence-corrected chi connectivity index (χ3v) is 5.03. The second kappa shape index (κ2) is 9.23. The van der Waals surface area contributed by atoms with Gasteiger partial charge in [-0.15, -0.1) is 0 Å². The molecule has 3 nitrogen and oxygen atoms in total. The van der Waals surface area contributed by atoms with Gasteiger partial charge in [0, 0.05) is 12.2 Å². The summed E-state index contributed by atoms with van der Waals surface area (Å²) in [4.78, 5) is 15.0. The molecule has 3 aromatic carbocycles. The van der Waals surface area contributed by atoms with Gasteiger partial charge in [-0.05, 0) is 41.7 Å². The maximum atomic E-state index is 13.2. The molecule has 1 unspecified atom stereocenters. The van der Waals surface area contributed by atoms with Gasteiger partial charge < -0.3 is 10.2 Å². The summed E-state index contributed by atoms with van der Waals surface area (Å²) in [7, 11) is 0. The molecule has 0 aliphatic rings. The van der Waals surface area contributed by atoms with E-state index in [2.05, 4.69) is 62.5 Å². The van der Waals surface area contributed by atoms with Gasteiger partial charge in [-0.2, -0.15) is 0 Å². The Morgan fingerprint density at radius 1 is 0.786 bits per heavy atom. The molecule has 0 saturated heterocycles. The summed E-state index contributed by atoms with van der Waals surface area (Å²) in [5, 5.41) is 3.07. The van der Waals surface area contributed by atoms with E-state index < -0.39 is 0 Å². The van der Waals surface area contributed by atoms with E-state index in [0.717, 1.165) is 16.8 Å². The Morgan fingerprint density at radius 2 is 1.36 bits per heavy atom. The minimum absolute atomic E-state index is 0.0451. The predicted octanol–water partition coefficient (Wildman–Crippen LogP) is 6.61. The van der Waals surface area contributed by atoms with E-state index in [-0.39, 0.29) is 12.1 Å². The van der Waals surface area contributed by atoms with Gasteiger partial charge in [-0.3, -0.25) is 0 Å². The Kier molecular flexibility index (Phi) is 6.49. The number of carbonyl (C=O) groups is 1. The van der Waals surface area contributed by atoms with Crippen LogP contribution in [0.25, 0.3) is 0 Å². The number of nitrogens with one attached hydrogen (secondary N) is 1. The van der Waals surface area contributed by atoms with Gasteiger partial charge in [0.05, 0.1) is 6.04 Å². The molecule has 3 heteroatoms. The van der Waals surface area contributed by atoms with Crippen molar-refractivity contribution in [3.63, 3.8) is 0 Å². The number of amides is 2. The number of carbonyl (C=O) groups excluding carboxylic acids is 1. The fraction of sp³-hybridized carbons (Fsp3) is 0.240. The number of urea groups is 1. The SMILES string of the molecule is CC(C)c1ccc(NC(=O)N(Cc2ccccc2)C(C)c2ccccc2)cc1. The molecular formula is C25H28N2O. The molecule has 1 atom stereocenters. The smallest absolute Gasteiger partial charge is 0.313 e. The van der Waals surface area contributed by atoms with Crippen LogP contribution in [0.4, 0.5) is 10.5 Å². The monoisotopic (exact) mass is 372 g/mol. The van der Waals surface area contributed by atoms with Crippen molar-refractivity contribution in [3.05, 3.63) is 102 Å². The first-order valence-corrected chi connectivity index (χ1v) is 9.81. The summed E-state index contributed by atoms with van der Waals surface area (Å²) < 4.78 is 0. The highest BCUT2D eigenvalue weighted by Gasteiger charge is 2.22. The number of rotatable bonds is 6. The van der Waals surface area contributed by atoms with Crippen molar-refractivity contribution in [2.24, 2.45) is 0 Å². The standard InChI is InChI=1S/C25H28N2O/c1-19(2)22-14-16-24(17-15-22)26-25(28)27(18-21-10-6-4-7-11-21)20(3)23-12-8-5-9-13-23/h4-17,19-20H,18H2,1-3H3,(H,26,28). The van der Waals surface area contributed by atoms with E-state index in [9.17, 15) is 4.79 Å². The van der Waals surface area contributed by atoms with Crippen LogP contribution in [0.2, 0.25) is 0 Å². The third-order valence-electron chi connectivity index (χ3n) is 5.03. The van der Waals surface area contributed by atoms with Crippen LogP contribution < -0.4 is 5.32 Å². The van der Waals surface area contributed by atoms with E-state index in [1.54, 1.807) is 0 Å². The lowest BCUT2D eigenvalue weighted by atomic mass is 10.0. The van der Waals surface area contributed by atoms with E-state index in [1.807, 2.05) is 53.4 Å². The predicted molar refractivity (Wildman–Crippen MR) is 116 cm³/mol. The van der Waals surface area contributed by atoms with Crippen LogP contribution in [0, 0.1) is 0 Å². The largest absolute Gasteiger partial charge is 0.322 e. The molecule has 0 spiro atoms. The first-order chi connectivity index (χ1) is 13.5. The van der Waals surface area contributed by atoms with E-state index in [4.69, 9.17) is 0 Å². The minimum atomic E-state index is -0.0995. The summed E-state index contributed by atoms with van der Waals surface area (Å²) >= 11 is 0. The Labute approximate surface area is 168 Å². The maximum Gasteiger partial charge on any atom is 0.322 e. The quantitative estimate of drug-likeness (QED) is 0.519. The summed E-state index contributed by atoms with van der Waals surface area (Å²) in [6, 6.07) is 28.2. The summed E-state index contributed by atoms with van der Waals surface area (Å²) in [6.07, 6.45) is 0. The van der Waals surface area contributed by atoms with Gasteiger partial charge >= 0.3 is 6.03 Å².